The van der Waals surface area contributed by atoms with Crippen LogP contribution < -0.4 is 0 Å². The molecule has 1 aliphatic rings. The minimum absolute atomic E-state index is 0.209. The fraction of sp³-hybridized carbons (Fsp3) is 0.778. The molecular weight excluding hydrogens is 124 g/mol. The zero-order valence-electron chi connectivity index (χ0n) is 7.72. The first kappa shape index (κ1) is 6.41. The Morgan fingerprint density at radius 1 is 1.80 bits per heavy atom. The highest BCUT2D eigenvalue weighted by molar-refractivity contribution is 5.05. The Morgan fingerprint density at radius 3 is 3.00 bits per heavy atom. The molecule has 1 heteroatoms. The van der Waals surface area contributed by atoms with Gasteiger partial charge in [-0.15, -0.1) is 0 Å². The van der Waals surface area contributed by atoms with Gasteiger partial charge in [0, 0.05) is 0 Å². The topological polar surface area (TPSA) is 20.2 Å². The fourth-order valence-electron chi connectivity index (χ4n) is 1.38. The van der Waals surface area contributed by atoms with E-state index in [-0.39, 0.29) is 6.10 Å². The molecule has 0 heterocycles. The van der Waals surface area contributed by atoms with Gasteiger partial charge in [0.15, 0.2) is 0 Å². The van der Waals surface area contributed by atoms with E-state index in [2.05, 4.69) is 6.92 Å². The number of aliphatic hydroxyl groups excluding tert-OH is 1. The summed E-state index contributed by atoms with van der Waals surface area (Å²) in [5, 5.41) is 9.48. The molecule has 10 heavy (non-hydrogen) atoms. The number of allylic oxidation sites excluding steroid dienone is 1. The molecular formula is C9H16O. The minimum atomic E-state index is -0.209. The molecule has 0 unspecified atom stereocenters. The van der Waals surface area contributed by atoms with Gasteiger partial charge in [-0.3, -0.25) is 0 Å². The van der Waals surface area contributed by atoms with Crippen LogP contribution in [0.4, 0.5) is 0 Å². The molecule has 0 amide bonds. The van der Waals surface area contributed by atoms with Crippen molar-refractivity contribution in [3.05, 3.63) is 11.6 Å². The Kier molecular flexibility index (Phi) is 2.05. The number of hydrogen-bond acceptors (Lipinski definition) is 1. The molecule has 0 aliphatic heterocycles. The summed E-state index contributed by atoms with van der Waals surface area (Å²) in [6.07, 6.45) is 2.55. The van der Waals surface area contributed by atoms with Gasteiger partial charge in [-0.05, 0) is 32.1 Å². The van der Waals surface area contributed by atoms with Crippen LogP contribution in [0.5, 0.6) is 0 Å². The molecule has 1 N–H and O–H groups in total. The molecule has 58 valence electrons. The first-order valence-electron chi connectivity index (χ1n) is 4.44. The predicted octanol–water partition coefficient (Wildman–Crippen LogP) is 2.11. The van der Waals surface area contributed by atoms with E-state index in [9.17, 15) is 5.11 Å². The van der Waals surface area contributed by atoms with Gasteiger partial charge in [0.05, 0.1) is 7.47 Å². The zero-order valence-corrected chi connectivity index (χ0v) is 6.72. The van der Waals surface area contributed by atoms with Crippen LogP contribution in [0.15, 0.2) is 11.6 Å². The second-order valence-corrected chi connectivity index (χ2v) is 3.14. The fourth-order valence-corrected chi connectivity index (χ4v) is 1.38. The van der Waals surface area contributed by atoms with E-state index in [1.54, 1.807) is 6.92 Å². The standard InChI is InChI=1S/C9H16O/c1-3-8-5-4-7(2)9(10)6-8/h3,7,9-10H,4-6H2,1-2H3/b8-3+/t7-,9+/m1/s1/i3D. The van der Waals surface area contributed by atoms with Gasteiger partial charge >= 0.3 is 0 Å². The Labute approximate surface area is 64.2 Å². The molecule has 1 nitrogen and oxygen atoms in total. The molecule has 2 atom stereocenters. The monoisotopic (exact) mass is 141 g/mol. The van der Waals surface area contributed by atoms with Gasteiger partial charge in [-0.2, -0.15) is 0 Å². The van der Waals surface area contributed by atoms with Crippen LogP contribution in [0.25, 0.3) is 0 Å². The van der Waals surface area contributed by atoms with Gasteiger partial charge in [0.1, 0.15) is 0 Å². The maximum atomic E-state index is 9.48. The number of hydrogen-bond donors (Lipinski definition) is 1. The molecule has 1 aliphatic carbocycles. The lowest BCUT2D eigenvalue weighted by atomic mass is 9.85. The molecule has 0 radical (unpaired) electrons. The SMILES string of the molecule is [2H]/C(C)=C1/CC[C@@H](C)[C@@H](O)C1. The maximum absolute atomic E-state index is 9.48. The molecule has 0 saturated heterocycles. The molecule has 1 rings (SSSR count). The lowest BCUT2D eigenvalue weighted by Gasteiger charge is -2.26. The Hall–Kier alpha value is -0.300. The Bertz CT molecular complexity index is 170. The van der Waals surface area contributed by atoms with E-state index < -0.39 is 0 Å². The summed E-state index contributed by atoms with van der Waals surface area (Å²) in [5.74, 6) is 0.415. The van der Waals surface area contributed by atoms with Crippen molar-refractivity contribution in [1.29, 1.82) is 0 Å². The van der Waals surface area contributed by atoms with Crippen LogP contribution in [0.3, 0.4) is 0 Å². The summed E-state index contributed by atoms with van der Waals surface area (Å²) >= 11 is 0. The van der Waals surface area contributed by atoms with Crippen LogP contribution in [0.2, 0.25) is 0 Å². The van der Waals surface area contributed by atoms with E-state index in [0.29, 0.717) is 12.0 Å². The summed E-state index contributed by atoms with van der Waals surface area (Å²) < 4.78 is 7.40. The molecule has 1 fully saturated rings. The van der Waals surface area contributed by atoms with Crippen molar-refractivity contribution in [1.82, 2.24) is 0 Å². The van der Waals surface area contributed by atoms with Gasteiger partial charge in [0.2, 0.25) is 0 Å². The van der Waals surface area contributed by atoms with Crippen molar-refractivity contribution in [2.75, 3.05) is 0 Å². The normalized spacial score (nSPS) is 40.9. The van der Waals surface area contributed by atoms with Gasteiger partial charge in [-0.25, -0.2) is 0 Å². The van der Waals surface area contributed by atoms with Crippen LogP contribution >= 0.6 is 0 Å². The average Bonchev–Trinajstić information content (AvgIpc) is 1.94. The smallest absolute Gasteiger partial charge is 0.0602 e. The molecule has 0 aromatic carbocycles. The first-order valence-corrected chi connectivity index (χ1v) is 3.94. The van der Waals surface area contributed by atoms with Crippen molar-refractivity contribution in [3.63, 3.8) is 0 Å². The van der Waals surface area contributed by atoms with Gasteiger partial charge in [-0.1, -0.05) is 18.5 Å². The third-order valence-corrected chi connectivity index (χ3v) is 2.37. The minimum Gasteiger partial charge on any atom is -0.393 e. The maximum Gasteiger partial charge on any atom is 0.0602 e. The largest absolute Gasteiger partial charge is 0.393 e. The molecule has 0 aromatic heterocycles. The second-order valence-electron chi connectivity index (χ2n) is 3.14. The number of aliphatic hydroxyl groups is 1. The quantitative estimate of drug-likeness (QED) is 0.512. The molecule has 0 bridgehead atoms. The van der Waals surface area contributed by atoms with E-state index in [4.69, 9.17) is 1.37 Å². The van der Waals surface area contributed by atoms with Crippen LogP contribution in [-0.4, -0.2) is 11.2 Å². The Morgan fingerprint density at radius 2 is 2.50 bits per heavy atom. The summed E-state index contributed by atoms with van der Waals surface area (Å²) in [7, 11) is 0. The highest BCUT2D eigenvalue weighted by Crippen LogP contribution is 2.27. The van der Waals surface area contributed by atoms with Crippen molar-refractivity contribution in [2.45, 2.75) is 39.2 Å². The molecule has 1 saturated carbocycles. The third kappa shape index (κ3) is 1.60. The van der Waals surface area contributed by atoms with Crippen LogP contribution in [-0.2, 0) is 0 Å². The summed E-state index contributed by atoms with van der Waals surface area (Å²) in [6.45, 7) is 3.87. The van der Waals surface area contributed by atoms with Crippen LogP contribution in [0.1, 0.15) is 34.5 Å². The lowest BCUT2D eigenvalue weighted by Crippen LogP contribution is -2.22. The highest BCUT2D eigenvalue weighted by atomic mass is 16.3. The van der Waals surface area contributed by atoms with E-state index in [1.165, 1.54) is 0 Å². The van der Waals surface area contributed by atoms with Gasteiger partial charge in [0.25, 0.3) is 0 Å². The van der Waals surface area contributed by atoms with Crippen LogP contribution in [0, 0.1) is 5.92 Å². The predicted molar refractivity (Wildman–Crippen MR) is 42.8 cm³/mol. The summed E-state index contributed by atoms with van der Waals surface area (Å²) in [6, 6.07) is 0.649. The second kappa shape index (κ2) is 3.20. The van der Waals surface area contributed by atoms with Crippen molar-refractivity contribution in [3.8, 4) is 0 Å². The number of rotatable bonds is 0. The average molecular weight is 141 g/mol. The highest BCUT2D eigenvalue weighted by Gasteiger charge is 2.20. The summed E-state index contributed by atoms with van der Waals surface area (Å²) in [4.78, 5) is 0. The Balaban J connectivity index is 2.60. The van der Waals surface area contributed by atoms with Crippen molar-refractivity contribution in [2.24, 2.45) is 5.92 Å². The van der Waals surface area contributed by atoms with Gasteiger partial charge < -0.3 is 5.11 Å². The van der Waals surface area contributed by atoms with E-state index in [1.807, 2.05) is 0 Å². The van der Waals surface area contributed by atoms with E-state index in [0.717, 1.165) is 24.8 Å². The summed E-state index contributed by atoms with van der Waals surface area (Å²) in [5.41, 5.74) is 1.13. The molecule has 0 aromatic rings. The van der Waals surface area contributed by atoms with Crippen molar-refractivity contribution >= 4 is 0 Å². The third-order valence-electron chi connectivity index (χ3n) is 2.37. The zero-order chi connectivity index (χ0) is 8.43. The first-order chi connectivity index (χ1) is 5.11. The van der Waals surface area contributed by atoms with E-state index >= 15 is 0 Å². The molecule has 0 spiro atoms. The lowest BCUT2D eigenvalue weighted by molar-refractivity contribution is 0.0978. The van der Waals surface area contributed by atoms with Crippen molar-refractivity contribution < 1.29 is 6.48 Å².